The molecule has 0 radical (unpaired) electrons. The van der Waals surface area contributed by atoms with E-state index in [9.17, 15) is 4.79 Å². The van der Waals surface area contributed by atoms with E-state index < -0.39 is 0 Å². The van der Waals surface area contributed by atoms with Crippen LogP contribution in [0.5, 0.6) is 5.75 Å². The minimum atomic E-state index is 0.272. The fourth-order valence-electron chi connectivity index (χ4n) is 3.07. The Hall–Kier alpha value is -2.09. The first-order valence-corrected chi connectivity index (χ1v) is 6.92. The summed E-state index contributed by atoms with van der Waals surface area (Å²) < 4.78 is 5.41. The van der Waals surface area contributed by atoms with Gasteiger partial charge in [-0.2, -0.15) is 0 Å². The van der Waals surface area contributed by atoms with Crippen LogP contribution >= 0.6 is 0 Å². The lowest BCUT2D eigenvalue weighted by atomic mass is 9.97. The molecule has 1 aliphatic carbocycles. The Balaban J connectivity index is 2.08. The molecule has 3 rings (SSSR count). The predicted molar refractivity (Wildman–Crippen MR) is 80.6 cm³/mol. The second-order valence-corrected chi connectivity index (χ2v) is 5.44. The molecule has 0 saturated carbocycles. The lowest BCUT2D eigenvalue weighted by Crippen LogP contribution is -1.93. The van der Waals surface area contributed by atoms with Gasteiger partial charge in [0.25, 0.3) is 0 Å². The number of hydrogen-bond acceptors (Lipinski definition) is 2. The van der Waals surface area contributed by atoms with E-state index in [0.29, 0.717) is 6.42 Å². The molecule has 2 aromatic carbocycles. The van der Waals surface area contributed by atoms with Gasteiger partial charge in [-0.1, -0.05) is 18.2 Å². The summed E-state index contributed by atoms with van der Waals surface area (Å²) >= 11 is 0. The summed E-state index contributed by atoms with van der Waals surface area (Å²) in [6.07, 6.45) is 1.52. The SMILES string of the molecule is COc1c(C)cc(-c2ccc3c(c2)CCC3=O)cc1C. The molecule has 2 heteroatoms. The van der Waals surface area contributed by atoms with E-state index in [1.165, 1.54) is 16.7 Å². The first-order valence-electron chi connectivity index (χ1n) is 6.92. The maximum absolute atomic E-state index is 11.7. The maximum Gasteiger partial charge on any atom is 0.163 e. The minimum absolute atomic E-state index is 0.272. The van der Waals surface area contributed by atoms with Crippen LogP contribution in [-0.4, -0.2) is 12.9 Å². The number of methoxy groups -OCH3 is 1. The zero-order valence-corrected chi connectivity index (χ0v) is 12.1. The van der Waals surface area contributed by atoms with Crippen LogP contribution in [0, 0.1) is 13.8 Å². The van der Waals surface area contributed by atoms with Crippen molar-refractivity contribution in [1.82, 2.24) is 0 Å². The Kier molecular flexibility index (Phi) is 3.09. The van der Waals surface area contributed by atoms with Crippen molar-refractivity contribution < 1.29 is 9.53 Å². The van der Waals surface area contributed by atoms with Crippen molar-refractivity contribution in [2.75, 3.05) is 7.11 Å². The van der Waals surface area contributed by atoms with Gasteiger partial charge in [0.05, 0.1) is 7.11 Å². The first kappa shape index (κ1) is 12.9. The van der Waals surface area contributed by atoms with E-state index >= 15 is 0 Å². The second kappa shape index (κ2) is 4.78. The summed E-state index contributed by atoms with van der Waals surface area (Å²) in [7, 11) is 1.70. The molecule has 0 spiro atoms. The average Bonchev–Trinajstić information content (AvgIpc) is 2.79. The molecule has 0 N–H and O–H groups in total. The van der Waals surface area contributed by atoms with E-state index in [1.807, 2.05) is 12.1 Å². The highest BCUT2D eigenvalue weighted by Gasteiger charge is 2.19. The van der Waals surface area contributed by atoms with Crippen molar-refractivity contribution in [1.29, 1.82) is 0 Å². The van der Waals surface area contributed by atoms with Crippen molar-refractivity contribution >= 4 is 5.78 Å². The fourth-order valence-corrected chi connectivity index (χ4v) is 3.07. The Morgan fingerprint density at radius 1 is 0.950 bits per heavy atom. The standard InChI is InChI=1S/C18H18O2/c1-11-8-15(9-12(2)18(11)20-3)13-4-6-16-14(10-13)5-7-17(16)19/h4,6,8-10H,5,7H2,1-3H3. The van der Waals surface area contributed by atoms with Crippen molar-refractivity contribution in [2.45, 2.75) is 26.7 Å². The second-order valence-electron chi connectivity index (χ2n) is 5.44. The van der Waals surface area contributed by atoms with Crippen molar-refractivity contribution in [3.05, 3.63) is 52.6 Å². The normalized spacial score (nSPS) is 13.4. The molecule has 0 amide bonds. The highest BCUT2D eigenvalue weighted by molar-refractivity contribution is 6.01. The van der Waals surface area contributed by atoms with E-state index in [0.717, 1.165) is 28.9 Å². The minimum Gasteiger partial charge on any atom is -0.496 e. The molecule has 0 aliphatic heterocycles. The van der Waals surface area contributed by atoms with Gasteiger partial charge in [-0.05, 0) is 60.2 Å². The zero-order valence-electron chi connectivity index (χ0n) is 12.1. The Morgan fingerprint density at radius 2 is 1.65 bits per heavy atom. The van der Waals surface area contributed by atoms with E-state index in [-0.39, 0.29) is 5.78 Å². The Bertz CT molecular complexity index is 676. The van der Waals surface area contributed by atoms with Crippen LogP contribution in [0.4, 0.5) is 0 Å². The summed E-state index contributed by atoms with van der Waals surface area (Å²) in [4.78, 5) is 11.7. The van der Waals surface area contributed by atoms with Gasteiger partial charge >= 0.3 is 0 Å². The molecule has 1 aliphatic rings. The molecule has 2 aromatic rings. The highest BCUT2D eigenvalue weighted by atomic mass is 16.5. The molecule has 2 nitrogen and oxygen atoms in total. The smallest absolute Gasteiger partial charge is 0.163 e. The number of ketones is 1. The van der Waals surface area contributed by atoms with Gasteiger partial charge in [0.15, 0.2) is 5.78 Å². The molecule has 102 valence electrons. The lowest BCUT2D eigenvalue weighted by molar-refractivity contribution is 0.0994. The van der Waals surface area contributed by atoms with Crippen LogP contribution in [0.25, 0.3) is 11.1 Å². The van der Waals surface area contributed by atoms with Crippen LogP contribution in [0.15, 0.2) is 30.3 Å². The summed E-state index contributed by atoms with van der Waals surface area (Å²) in [6, 6.07) is 10.5. The third-order valence-electron chi connectivity index (χ3n) is 4.02. The summed E-state index contributed by atoms with van der Waals surface area (Å²) in [5, 5.41) is 0. The summed E-state index contributed by atoms with van der Waals surface area (Å²) in [5.74, 6) is 1.22. The zero-order chi connectivity index (χ0) is 14.3. The summed E-state index contributed by atoms with van der Waals surface area (Å²) in [6.45, 7) is 4.12. The number of carbonyl (C=O) groups is 1. The van der Waals surface area contributed by atoms with E-state index in [4.69, 9.17) is 4.74 Å². The monoisotopic (exact) mass is 266 g/mol. The largest absolute Gasteiger partial charge is 0.496 e. The van der Waals surface area contributed by atoms with Crippen LogP contribution < -0.4 is 4.74 Å². The van der Waals surface area contributed by atoms with Gasteiger partial charge in [0.2, 0.25) is 0 Å². The lowest BCUT2D eigenvalue weighted by Gasteiger charge is -2.12. The molecule has 0 bridgehead atoms. The van der Waals surface area contributed by atoms with Crippen LogP contribution in [0.1, 0.15) is 33.5 Å². The number of hydrogen-bond donors (Lipinski definition) is 0. The topological polar surface area (TPSA) is 26.3 Å². The molecule has 0 heterocycles. The van der Waals surface area contributed by atoms with Crippen LogP contribution in [-0.2, 0) is 6.42 Å². The number of aryl methyl sites for hydroxylation is 3. The van der Waals surface area contributed by atoms with Crippen LogP contribution in [0.3, 0.4) is 0 Å². The molecule has 0 atom stereocenters. The fraction of sp³-hybridized carbons (Fsp3) is 0.278. The molecule has 20 heavy (non-hydrogen) atoms. The number of Topliss-reactive ketones (excluding diaryl/α,β-unsaturated/α-hetero) is 1. The van der Waals surface area contributed by atoms with Crippen molar-refractivity contribution in [2.24, 2.45) is 0 Å². The maximum atomic E-state index is 11.7. The molecular weight excluding hydrogens is 248 g/mol. The van der Waals surface area contributed by atoms with Crippen molar-refractivity contribution in [3.63, 3.8) is 0 Å². The number of fused-ring (bicyclic) bond motifs is 1. The number of benzene rings is 2. The third-order valence-corrected chi connectivity index (χ3v) is 4.02. The van der Waals surface area contributed by atoms with Crippen LogP contribution in [0.2, 0.25) is 0 Å². The van der Waals surface area contributed by atoms with Gasteiger partial charge in [0, 0.05) is 12.0 Å². The third kappa shape index (κ3) is 2.01. The van der Waals surface area contributed by atoms with Gasteiger partial charge < -0.3 is 4.74 Å². The highest BCUT2D eigenvalue weighted by Crippen LogP contribution is 2.32. The van der Waals surface area contributed by atoms with E-state index in [2.05, 4.69) is 32.0 Å². The van der Waals surface area contributed by atoms with Gasteiger partial charge in [-0.15, -0.1) is 0 Å². The Morgan fingerprint density at radius 3 is 2.30 bits per heavy atom. The number of rotatable bonds is 2. The quantitative estimate of drug-likeness (QED) is 0.817. The molecule has 0 fully saturated rings. The number of ether oxygens (including phenoxy) is 1. The first-order chi connectivity index (χ1) is 9.60. The predicted octanol–water partition coefficient (Wildman–Crippen LogP) is 4.11. The number of carbonyl (C=O) groups excluding carboxylic acids is 1. The van der Waals surface area contributed by atoms with Gasteiger partial charge in [0.1, 0.15) is 5.75 Å². The molecular formula is C18H18O2. The molecule has 0 unspecified atom stereocenters. The Labute approximate surface area is 119 Å². The summed E-state index contributed by atoms with van der Waals surface area (Å²) in [5.41, 5.74) is 6.71. The average molecular weight is 266 g/mol. The van der Waals surface area contributed by atoms with Crippen molar-refractivity contribution in [3.8, 4) is 16.9 Å². The van der Waals surface area contributed by atoms with Gasteiger partial charge in [-0.25, -0.2) is 0 Å². The molecule has 0 saturated heterocycles. The molecule has 0 aromatic heterocycles. The van der Waals surface area contributed by atoms with E-state index in [1.54, 1.807) is 7.11 Å². The van der Waals surface area contributed by atoms with Gasteiger partial charge in [-0.3, -0.25) is 4.79 Å².